The quantitative estimate of drug-likeness (QED) is 0.707. The van der Waals surface area contributed by atoms with E-state index in [0.717, 1.165) is 3.57 Å². The Morgan fingerprint density at radius 2 is 2.45 bits per heavy atom. The summed E-state index contributed by atoms with van der Waals surface area (Å²) in [7, 11) is 0. The number of nitrogens with zero attached hydrogens (tertiary/aromatic N) is 2. The number of fused-ring (bicyclic) bond motifs is 1. The molecule has 0 atom stereocenters. The summed E-state index contributed by atoms with van der Waals surface area (Å²) < 4.78 is 2.56. The van der Waals surface area contributed by atoms with Crippen molar-refractivity contribution in [1.82, 2.24) is 14.6 Å². The zero-order valence-electron chi connectivity index (χ0n) is 5.41. The molecule has 0 aliphatic rings. The molecule has 5 heteroatoms. The molecule has 1 N–H and O–H groups in total. The van der Waals surface area contributed by atoms with Crippen LogP contribution in [0.15, 0.2) is 23.4 Å². The minimum absolute atomic E-state index is 0.108. The summed E-state index contributed by atoms with van der Waals surface area (Å²) in [5, 5.41) is 3.92. The fourth-order valence-corrected chi connectivity index (χ4v) is 1.47. The summed E-state index contributed by atoms with van der Waals surface area (Å²) in [5.74, 6) is 0. The largest absolute Gasteiger partial charge is 0.310 e. The predicted octanol–water partition coefficient (Wildman–Crippen LogP) is 0.627. The molecule has 2 aromatic rings. The van der Waals surface area contributed by atoms with Crippen LogP contribution in [0.5, 0.6) is 0 Å². The van der Waals surface area contributed by atoms with Crippen molar-refractivity contribution in [3.8, 4) is 0 Å². The Labute approximate surface area is 75.4 Å². The fraction of sp³-hybridized carbons (Fsp3) is 0. The Hall–Kier alpha value is -0.850. The maximum Gasteiger partial charge on any atom is 0.275 e. The van der Waals surface area contributed by atoms with Crippen LogP contribution in [0.2, 0.25) is 0 Å². The Bertz CT molecular complexity index is 444. The van der Waals surface area contributed by atoms with Gasteiger partial charge in [0.05, 0.1) is 0 Å². The van der Waals surface area contributed by atoms with Crippen molar-refractivity contribution in [2.75, 3.05) is 0 Å². The van der Waals surface area contributed by atoms with E-state index in [4.69, 9.17) is 0 Å². The maximum atomic E-state index is 11.1. The lowest BCUT2D eigenvalue weighted by Crippen LogP contribution is -2.09. The fourth-order valence-electron chi connectivity index (χ4n) is 0.909. The van der Waals surface area contributed by atoms with Crippen molar-refractivity contribution < 1.29 is 0 Å². The molecule has 2 rings (SSSR count). The van der Waals surface area contributed by atoms with E-state index in [1.807, 2.05) is 0 Å². The molecule has 11 heavy (non-hydrogen) atoms. The van der Waals surface area contributed by atoms with Crippen LogP contribution < -0.4 is 5.56 Å². The van der Waals surface area contributed by atoms with Crippen molar-refractivity contribution in [2.24, 2.45) is 0 Å². The Kier molecular flexibility index (Phi) is 1.45. The first kappa shape index (κ1) is 6.84. The summed E-state index contributed by atoms with van der Waals surface area (Å²) in [6.45, 7) is 0. The number of hydrogen-bond acceptors (Lipinski definition) is 2. The molecule has 0 unspecified atom stereocenters. The van der Waals surface area contributed by atoms with Crippen LogP contribution in [0, 0.1) is 3.57 Å². The van der Waals surface area contributed by atoms with Crippen molar-refractivity contribution in [3.63, 3.8) is 0 Å². The van der Waals surface area contributed by atoms with E-state index in [-0.39, 0.29) is 5.56 Å². The highest BCUT2D eigenvalue weighted by atomic mass is 127. The second-order valence-corrected chi connectivity index (χ2v) is 3.35. The monoisotopic (exact) mass is 261 g/mol. The third-order valence-corrected chi connectivity index (χ3v) is 1.97. The molecule has 0 spiro atoms. The zero-order chi connectivity index (χ0) is 7.84. The SMILES string of the molecule is O=c1[nH]cnn2cc(I)cc12. The number of hydrogen-bond donors (Lipinski definition) is 1. The first-order valence-electron chi connectivity index (χ1n) is 2.99. The van der Waals surface area contributed by atoms with Gasteiger partial charge in [0.2, 0.25) is 0 Å². The summed E-state index contributed by atoms with van der Waals surface area (Å²) in [5.41, 5.74) is 0.472. The minimum Gasteiger partial charge on any atom is -0.310 e. The lowest BCUT2D eigenvalue weighted by Gasteiger charge is -1.87. The number of aromatic nitrogens is 3. The van der Waals surface area contributed by atoms with Gasteiger partial charge in [-0.3, -0.25) is 4.79 Å². The van der Waals surface area contributed by atoms with Crippen molar-refractivity contribution in [1.29, 1.82) is 0 Å². The molecule has 0 aliphatic heterocycles. The van der Waals surface area contributed by atoms with Crippen LogP contribution in [-0.2, 0) is 0 Å². The summed E-state index contributed by atoms with van der Waals surface area (Å²) in [6.07, 6.45) is 3.18. The molecule has 4 nitrogen and oxygen atoms in total. The van der Waals surface area contributed by atoms with Gasteiger partial charge in [-0.25, -0.2) is 4.52 Å². The van der Waals surface area contributed by atoms with Crippen LogP contribution in [0.25, 0.3) is 5.52 Å². The van der Waals surface area contributed by atoms with Crippen molar-refractivity contribution in [3.05, 3.63) is 32.5 Å². The van der Waals surface area contributed by atoms with Crippen LogP contribution in [-0.4, -0.2) is 14.6 Å². The highest BCUT2D eigenvalue weighted by Crippen LogP contribution is 2.05. The lowest BCUT2D eigenvalue weighted by atomic mass is 10.5. The number of aromatic amines is 1. The van der Waals surface area contributed by atoms with Crippen molar-refractivity contribution >= 4 is 28.1 Å². The van der Waals surface area contributed by atoms with Gasteiger partial charge in [-0.2, -0.15) is 5.10 Å². The van der Waals surface area contributed by atoms with Crippen molar-refractivity contribution in [2.45, 2.75) is 0 Å². The van der Waals surface area contributed by atoms with Gasteiger partial charge in [0.25, 0.3) is 5.56 Å². The third-order valence-electron chi connectivity index (χ3n) is 1.38. The lowest BCUT2D eigenvalue weighted by molar-refractivity contribution is 0.888. The maximum absolute atomic E-state index is 11.1. The van der Waals surface area contributed by atoms with Crippen LogP contribution in [0.4, 0.5) is 0 Å². The molecule has 0 aliphatic carbocycles. The van der Waals surface area contributed by atoms with Gasteiger partial charge in [0.15, 0.2) is 0 Å². The van der Waals surface area contributed by atoms with Crippen LogP contribution in [0.1, 0.15) is 0 Å². The summed E-state index contributed by atoms with van der Waals surface area (Å²) in [6, 6.07) is 1.78. The number of rotatable bonds is 0. The van der Waals surface area contributed by atoms with Gasteiger partial charge in [0, 0.05) is 9.77 Å². The predicted molar refractivity (Wildman–Crippen MR) is 48.5 cm³/mol. The number of nitrogens with one attached hydrogen (secondary N) is 1. The molecule has 2 aromatic heterocycles. The van der Waals surface area contributed by atoms with Gasteiger partial charge >= 0.3 is 0 Å². The highest BCUT2D eigenvalue weighted by molar-refractivity contribution is 14.1. The standard InChI is InChI=1S/C6H4IN3O/c7-4-1-5-6(11)8-3-9-10(5)2-4/h1-3H,(H,8,9,11). The second-order valence-electron chi connectivity index (χ2n) is 2.11. The van der Waals surface area contributed by atoms with E-state index in [9.17, 15) is 4.79 Å². The molecule has 0 saturated heterocycles. The molecule has 0 bridgehead atoms. The zero-order valence-corrected chi connectivity index (χ0v) is 7.57. The first-order valence-corrected chi connectivity index (χ1v) is 4.07. The third kappa shape index (κ3) is 1.05. The topological polar surface area (TPSA) is 50.2 Å². The van der Waals surface area contributed by atoms with Crippen LogP contribution >= 0.6 is 22.6 Å². The Morgan fingerprint density at radius 1 is 1.64 bits per heavy atom. The van der Waals surface area contributed by atoms with Gasteiger partial charge in [-0.1, -0.05) is 0 Å². The van der Waals surface area contributed by atoms with E-state index in [2.05, 4.69) is 32.7 Å². The smallest absolute Gasteiger partial charge is 0.275 e. The minimum atomic E-state index is -0.108. The molecule has 0 fully saturated rings. The van der Waals surface area contributed by atoms with E-state index in [0.29, 0.717) is 5.52 Å². The molecule has 0 aromatic carbocycles. The highest BCUT2D eigenvalue weighted by Gasteiger charge is 1.99. The molecule has 0 amide bonds. The van der Waals surface area contributed by atoms with Gasteiger partial charge in [-0.05, 0) is 28.7 Å². The Morgan fingerprint density at radius 3 is 3.18 bits per heavy atom. The molecular formula is C6H4IN3O. The normalized spacial score (nSPS) is 10.6. The van der Waals surface area contributed by atoms with E-state index >= 15 is 0 Å². The van der Waals surface area contributed by atoms with Gasteiger partial charge in [-0.15, -0.1) is 0 Å². The summed E-state index contributed by atoms with van der Waals surface area (Å²) >= 11 is 2.14. The number of halogens is 1. The first-order chi connectivity index (χ1) is 5.27. The van der Waals surface area contributed by atoms with E-state index in [1.54, 1.807) is 16.8 Å². The molecule has 0 saturated carbocycles. The van der Waals surface area contributed by atoms with E-state index in [1.165, 1.54) is 6.33 Å². The van der Waals surface area contributed by atoms with Gasteiger partial charge in [0.1, 0.15) is 11.8 Å². The average Bonchev–Trinajstić information content (AvgIpc) is 2.31. The van der Waals surface area contributed by atoms with E-state index < -0.39 is 0 Å². The van der Waals surface area contributed by atoms with Gasteiger partial charge < -0.3 is 4.98 Å². The molecule has 0 radical (unpaired) electrons. The number of H-pyrrole nitrogens is 1. The molecule has 56 valence electrons. The molecular weight excluding hydrogens is 257 g/mol. The Balaban J connectivity index is 3.02. The average molecular weight is 261 g/mol. The second kappa shape index (κ2) is 2.33. The summed E-state index contributed by atoms with van der Waals surface area (Å²) in [4.78, 5) is 13.6. The molecule has 2 heterocycles. The van der Waals surface area contributed by atoms with Crippen LogP contribution in [0.3, 0.4) is 0 Å².